The zero-order valence-electron chi connectivity index (χ0n) is 18.6. The van der Waals surface area contributed by atoms with Gasteiger partial charge in [-0.05, 0) is 71.5 Å². The second-order valence-electron chi connectivity index (χ2n) is 8.83. The minimum Gasteiger partial charge on any atom is -0.454 e. The van der Waals surface area contributed by atoms with Crippen LogP contribution in [0.1, 0.15) is 34.3 Å². The molecule has 1 fully saturated rings. The Bertz CT molecular complexity index is 1250. The van der Waals surface area contributed by atoms with Crippen molar-refractivity contribution in [2.45, 2.75) is 24.7 Å². The molecule has 0 atom stereocenters. The standard InChI is InChI=1S/C27H24FNO4/c1-29(2)26(31)18-5-3-17(4-6-18)19-7-9-22(28)20(13-19)14-25(30)27(11-12-27)21-8-10-23-24(15-21)33-16-32-23/h3-10,13,15H,11-12,14,16H2,1-2H3. The summed E-state index contributed by atoms with van der Waals surface area (Å²) in [5.41, 5.74) is 2.93. The maximum Gasteiger partial charge on any atom is 0.253 e. The van der Waals surface area contributed by atoms with Gasteiger partial charge in [0.1, 0.15) is 11.6 Å². The second kappa shape index (κ2) is 8.03. The predicted molar refractivity (Wildman–Crippen MR) is 122 cm³/mol. The molecule has 0 saturated heterocycles. The van der Waals surface area contributed by atoms with Crippen molar-refractivity contribution in [1.29, 1.82) is 0 Å². The Hall–Kier alpha value is -3.67. The van der Waals surface area contributed by atoms with Gasteiger partial charge in [0.2, 0.25) is 6.79 Å². The minimum absolute atomic E-state index is 0.00402. The van der Waals surface area contributed by atoms with E-state index in [0.717, 1.165) is 29.5 Å². The highest BCUT2D eigenvalue weighted by molar-refractivity contribution is 5.95. The molecule has 2 aliphatic rings. The smallest absolute Gasteiger partial charge is 0.253 e. The van der Waals surface area contributed by atoms with E-state index in [0.29, 0.717) is 22.6 Å². The number of halogens is 1. The number of ether oxygens (including phenoxy) is 2. The molecule has 1 amide bonds. The van der Waals surface area contributed by atoms with E-state index in [9.17, 15) is 14.0 Å². The predicted octanol–water partition coefficient (Wildman–Crippen LogP) is 4.77. The lowest BCUT2D eigenvalue weighted by Crippen LogP contribution is -2.23. The van der Waals surface area contributed by atoms with Gasteiger partial charge in [-0.3, -0.25) is 9.59 Å². The van der Waals surface area contributed by atoms with E-state index in [1.54, 1.807) is 38.4 Å². The average molecular weight is 445 g/mol. The molecular formula is C27H24FNO4. The number of fused-ring (bicyclic) bond motifs is 1. The molecule has 0 spiro atoms. The van der Waals surface area contributed by atoms with E-state index in [-0.39, 0.29) is 24.9 Å². The number of amides is 1. The van der Waals surface area contributed by atoms with Gasteiger partial charge in [-0.15, -0.1) is 0 Å². The second-order valence-corrected chi connectivity index (χ2v) is 8.83. The van der Waals surface area contributed by atoms with E-state index < -0.39 is 11.2 Å². The Morgan fingerprint density at radius 1 is 0.909 bits per heavy atom. The summed E-state index contributed by atoms with van der Waals surface area (Å²) in [5.74, 6) is 0.859. The maximum atomic E-state index is 14.7. The summed E-state index contributed by atoms with van der Waals surface area (Å²) in [6.07, 6.45) is 1.51. The summed E-state index contributed by atoms with van der Waals surface area (Å²) in [6, 6.07) is 17.6. The monoisotopic (exact) mass is 445 g/mol. The molecule has 1 aliphatic heterocycles. The summed E-state index contributed by atoms with van der Waals surface area (Å²) >= 11 is 0. The maximum absolute atomic E-state index is 14.7. The summed E-state index contributed by atoms with van der Waals surface area (Å²) < 4.78 is 25.5. The first-order chi connectivity index (χ1) is 15.9. The van der Waals surface area contributed by atoms with Crippen LogP contribution in [0.2, 0.25) is 0 Å². The van der Waals surface area contributed by atoms with Crippen molar-refractivity contribution in [2.75, 3.05) is 20.9 Å². The summed E-state index contributed by atoms with van der Waals surface area (Å²) in [4.78, 5) is 26.9. The van der Waals surface area contributed by atoms with Gasteiger partial charge >= 0.3 is 0 Å². The lowest BCUT2D eigenvalue weighted by molar-refractivity contribution is -0.120. The summed E-state index contributed by atoms with van der Waals surface area (Å²) in [6.45, 7) is 0.183. The van der Waals surface area contributed by atoms with Crippen molar-refractivity contribution in [2.24, 2.45) is 0 Å². The molecule has 33 heavy (non-hydrogen) atoms. The molecule has 0 N–H and O–H groups in total. The molecule has 1 heterocycles. The Kier molecular flexibility index (Phi) is 5.16. The van der Waals surface area contributed by atoms with Gasteiger partial charge in [-0.2, -0.15) is 0 Å². The molecule has 0 unspecified atom stereocenters. The lowest BCUT2D eigenvalue weighted by atomic mass is 9.87. The largest absolute Gasteiger partial charge is 0.454 e. The number of nitrogens with zero attached hydrogens (tertiary/aromatic N) is 1. The summed E-state index contributed by atoms with van der Waals surface area (Å²) in [5, 5.41) is 0. The van der Waals surface area contributed by atoms with E-state index in [4.69, 9.17) is 9.47 Å². The van der Waals surface area contributed by atoms with Crippen LogP contribution in [0.25, 0.3) is 11.1 Å². The van der Waals surface area contributed by atoms with Crippen molar-refractivity contribution in [3.63, 3.8) is 0 Å². The topological polar surface area (TPSA) is 55.8 Å². The van der Waals surface area contributed by atoms with Crippen LogP contribution < -0.4 is 9.47 Å². The number of hydrogen-bond donors (Lipinski definition) is 0. The fourth-order valence-corrected chi connectivity index (χ4v) is 4.34. The molecule has 5 nitrogen and oxygen atoms in total. The van der Waals surface area contributed by atoms with Gasteiger partial charge in [0, 0.05) is 26.1 Å². The van der Waals surface area contributed by atoms with E-state index >= 15 is 0 Å². The Morgan fingerprint density at radius 2 is 1.61 bits per heavy atom. The van der Waals surface area contributed by atoms with Crippen LogP contribution in [0.15, 0.2) is 60.7 Å². The van der Waals surface area contributed by atoms with Gasteiger partial charge in [0.15, 0.2) is 11.5 Å². The number of carbonyl (C=O) groups is 2. The highest BCUT2D eigenvalue weighted by Crippen LogP contribution is 2.51. The molecule has 168 valence electrons. The van der Waals surface area contributed by atoms with Crippen LogP contribution in [-0.2, 0) is 16.6 Å². The lowest BCUT2D eigenvalue weighted by Gasteiger charge is -2.16. The highest BCUT2D eigenvalue weighted by atomic mass is 19.1. The van der Waals surface area contributed by atoms with Gasteiger partial charge in [0.05, 0.1) is 5.41 Å². The third-order valence-electron chi connectivity index (χ3n) is 6.48. The molecule has 3 aromatic carbocycles. The van der Waals surface area contributed by atoms with Crippen LogP contribution in [0, 0.1) is 5.82 Å². The number of ketones is 1. The van der Waals surface area contributed by atoms with Gasteiger partial charge in [0.25, 0.3) is 5.91 Å². The number of carbonyl (C=O) groups excluding carboxylic acids is 2. The van der Waals surface area contributed by atoms with Crippen molar-refractivity contribution in [3.05, 3.63) is 83.2 Å². The van der Waals surface area contributed by atoms with E-state index in [1.807, 2.05) is 30.3 Å². The third-order valence-corrected chi connectivity index (χ3v) is 6.48. The molecule has 3 aromatic rings. The summed E-state index contributed by atoms with van der Waals surface area (Å²) in [7, 11) is 3.41. The minimum atomic E-state index is -0.586. The molecule has 1 aliphatic carbocycles. The first kappa shape index (κ1) is 21.2. The zero-order valence-corrected chi connectivity index (χ0v) is 18.6. The number of benzene rings is 3. The van der Waals surface area contributed by atoms with Gasteiger partial charge < -0.3 is 14.4 Å². The first-order valence-electron chi connectivity index (χ1n) is 10.9. The van der Waals surface area contributed by atoms with E-state index in [2.05, 4.69) is 0 Å². The number of rotatable bonds is 6. The SMILES string of the molecule is CN(C)C(=O)c1ccc(-c2ccc(F)c(CC(=O)C3(c4ccc5c(c4)OCO5)CC3)c2)cc1. The third kappa shape index (κ3) is 3.86. The number of hydrogen-bond acceptors (Lipinski definition) is 4. The zero-order chi connectivity index (χ0) is 23.2. The Labute approximate surface area is 191 Å². The van der Waals surface area contributed by atoms with Crippen LogP contribution in [0.4, 0.5) is 4.39 Å². The number of Topliss-reactive ketones (excluding diaryl/α,β-unsaturated/α-hetero) is 1. The van der Waals surface area contributed by atoms with Crippen molar-refractivity contribution in [3.8, 4) is 22.6 Å². The quantitative estimate of drug-likeness (QED) is 0.549. The fourth-order valence-electron chi connectivity index (χ4n) is 4.34. The molecular weight excluding hydrogens is 421 g/mol. The van der Waals surface area contributed by atoms with Gasteiger partial charge in [-0.1, -0.05) is 24.3 Å². The fraction of sp³-hybridized carbons (Fsp3) is 0.259. The van der Waals surface area contributed by atoms with E-state index in [1.165, 1.54) is 11.0 Å². The Morgan fingerprint density at radius 3 is 2.30 bits per heavy atom. The van der Waals surface area contributed by atoms with Crippen molar-refractivity contribution < 1.29 is 23.5 Å². The molecule has 0 bridgehead atoms. The highest BCUT2D eigenvalue weighted by Gasteiger charge is 2.51. The van der Waals surface area contributed by atoms with Crippen LogP contribution in [0.3, 0.4) is 0 Å². The molecule has 1 saturated carbocycles. The molecule has 6 heteroatoms. The normalized spacial score (nSPS) is 15.2. The Balaban J connectivity index is 1.38. The van der Waals surface area contributed by atoms with Gasteiger partial charge in [-0.25, -0.2) is 4.39 Å². The molecule has 0 radical (unpaired) electrons. The van der Waals surface area contributed by atoms with Crippen molar-refractivity contribution in [1.82, 2.24) is 4.90 Å². The average Bonchev–Trinajstić information content (AvgIpc) is 3.51. The first-order valence-corrected chi connectivity index (χ1v) is 10.9. The van der Waals surface area contributed by atoms with Crippen LogP contribution in [-0.4, -0.2) is 37.5 Å². The van der Waals surface area contributed by atoms with Crippen molar-refractivity contribution >= 4 is 11.7 Å². The molecule has 0 aromatic heterocycles. The van der Waals surface area contributed by atoms with Crippen LogP contribution in [0.5, 0.6) is 11.5 Å². The molecule has 5 rings (SSSR count). The van der Waals surface area contributed by atoms with Crippen LogP contribution >= 0.6 is 0 Å².